The van der Waals surface area contributed by atoms with Crippen LogP contribution in [0, 0.1) is 30.1 Å². The number of β-amino-alcohol motifs (C(OH)–C–C–N with tert-alkyl or cyclic N) is 1. The lowest BCUT2D eigenvalue weighted by Gasteiger charge is -2.35. The van der Waals surface area contributed by atoms with Crippen molar-refractivity contribution in [2.45, 2.75) is 93.0 Å². The minimum absolute atomic E-state index is 0.0666. The van der Waals surface area contributed by atoms with E-state index < -0.39 is 18.2 Å². The summed E-state index contributed by atoms with van der Waals surface area (Å²) in [7, 11) is 0. The van der Waals surface area contributed by atoms with E-state index in [1.54, 1.807) is 11.3 Å². The second kappa shape index (κ2) is 13.3. The molecule has 8 nitrogen and oxygen atoms in total. The van der Waals surface area contributed by atoms with E-state index in [0.29, 0.717) is 13.0 Å². The molecule has 1 aliphatic rings. The number of hydrogen-bond acceptors (Lipinski definition) is 6. The number of thiazole rings is 1. The fourth-order valence-electron chi connectivity index (χ4n) is 5.82. The summed E-state index contributed by atoms with van der Waals surface area (Å²) in [6, 6.07) is 6.40. The van der Waals surface area contributed by atoms with Crippen molar-refractivity contribution in [3.63, 3.8) is 0 Å². The average molecular weight is 571 g/mol. The number of carbonyl (C=O) groups is 3. The maximum absolute atomic E-state index is 13.8. The molecule has 1 aliphatic heterocycles. The Morgan fingerprint density at radius 1 is 1.12 bits per heavy atom. The molecule has 220 valence electrons. The molecule has 1 fully saturated rings. The van der Waals surface area contributed by atoms with Gasteiger partial charge in [0.15, 0.2) is 0 Å². The summed E-state index contributed by atoms with van der Waals surface area (Å²) in [5, 5.41) is 16.4. The Kier molecular flexibility index (Phi) is 10.5. The van der Waals surface area contributed by atoms with Gasteiger partial charge in [0.25, 0.3) is 0 Å². The second-order valence-electron chi connectivity index (χ2n) is 12.9. The Balaban J connectivity index is 1.70. The van der Waals surface area contributed by atoms with Gasteiger partial charge in [-0.2, -0.15) is 0 Å². The van der Waals surface area contributed by atoms with E-state index in [4.69, 9.17) is 0 Å². The molecule has 40 heavy (non-hydrogen) atoms. The van der Waals surface area contributed by atoms with Crippen molar-refractivity contribution in [2.24, 2.45) is 23.2 Å². The first kappa shape index (κ1) is 31.7. The van der Waals surface area contributed by atoms with Crippen molar-refractivity contribution in [2.75, 3.05) is 6.54 Å². The summed E-state index contributed by atoms with van der Waals surface area (Å²) >= 11 is 1.59. The van der Waals surface area contributed by atoms with Gasteiger partial charge < -0.3 is 20.6 Å². The van der Waals surface area contributed by atoms with Crippen molar-refractivity contribution in [1.82, 2.24) is 20.5 Å². The van der Waals surface area contributed by atoms with Gasteiger partial charge in [-0.1, -0.05) is 72.7 Å². The van der Waals surface area contributed by atoms with Crippen LogP contribution in [0.3, 0.4) is 0 Å². The van der Waals surface area contributed by atoms with Gasteiger partial charge in [0, 0.05) is 25.4 Å². The first-order valence-electron chi connectivity index (χ1n) is 14.2. The van der Waals surface area contributed by atoms with E-state index in [1.807, 2.05) is 85.2 Å². The molecule has 4 atom stereocenters. The highest BCUT2D eigenvalue weighted by Crippen LogP contribution is 2.33. The average Bonchev–Trinajstić information content (AvgIpc) is 3.46. The van der Waals surface area contributed by atoms with Gasteiger partial charge >= 0.3 is 0 Å². The molecule has 1 saturated heterocycles. The third kappa shape index (κ3) is 7.91. The molecule has 0 radical (unpaired) electrons. The van der Waals surface area contributed by atoms with Gasteiger partial charge in [-0.3, -0.25) is 14.4 Å². The van der Waals surface area contributed by atoms with E-state index in [0.717, 1.165) is 21.7 Å². The fraction of sp³-hybridized carbons (Fsp3) is 0.613. The van der Waals surface area contributed by atoms with Crippen molar-refractivity contribution in [1.29, 1.82) is 0 Å². The highest BCUT2D eigenvalue weighted by molar-refractivity contribution is 7.13. The number of amides is 3. The van der Waals surface area contributed by atoms with Crippen molar-refractivity contribution in [3.05, 3.63) is 41.0 Å². The van der Waals surface area contributed by atoms with Crippen LogP contribution in [0.2, 0.25) is 0 Å². The van der Waals surface area contributed by atoms with Crippen LogP contribution in [0.5, 0.6) is 0 Å². The quantitative estimate of drug-likeness (QED) is 0.388. The molecule has 9 heteroatoms. The molecule has 0 spiro atoms. The van der Waals surface area contributed by atoms with Gasteiger partial charge in [-0.15, -0.1) is 11.3 Å². The lowest BCUT2D eigenvalue weighted by Crippen LogP contribution is -2.55. The standard InChI is InChI=1S/C31H46N4O4S/c1-18(2)13-24(34-29(38)26(19(3)4)31(6,7)8)30(39)35-16-23(36)14-25(35)28(37)32-15-21-9-11-22(12-10-21)27-20(5)33-17-40-27/h9-12,17-19,23-26,36H,13-16H2,1-8H3,(H,32,37)(H,34,38). The summed E-state index contributed by atoms with van der Waals surface area (Å²) in [6.07, 6.45) is -0.179. The molecule has 4 unspecified atom stereocenters. The molecule has 2 aromatic rings. The zero-order chi connectivity index (χ0) is 29.8. The summed E-state index contributed by atoms with van der Waals surface area (Å²) in [5.74, 6) is -0.806. The van der Waals surface area contributed by atoms with Gasteiger partial charge in [0.2, 0.25) is 17.7 Å². The second-order valence-corrected chi connectivity index (χ2v) is 13.7. The molecule has 0 bridgehead atoms. The maximum Gasteiger partial charge on any atom is 0.245 e. The van der Waals surface area contributed by atoms with E-state index in [2.05, 4.69) is 15.6 Å². The Hall–Kier alpha value is -2.78. The number of aliphatic hydroxyl groups excluding tert-OH is 1. The van der Waals surface area contributed by atoms with Crippen LogP contribution in [0.4, 0.5) is 0 Å². The minimum atomic E-state index is -0.796. The summed E-state index contributed by atoms with van der Waals surface area (Å²) in [5.41, 5.74) is 4.55. The first-order valence-corrected chi connectivity index (χ1v) is 15.1. The van der Waals surface area contributed by atoms with Gasteiger partial charge in [0.1, 0.15) is 12.1 Å². The molecule has 1 aromatic carbocycles. The number of benzene rings is 1. The Morgan fingerprint density at radius 3 is 2.30 bits per heavy atom. The number of carbonyl (C=O) groups excluding carboxylic acids is 3. The first-order chi connectivity index (χ1) is 18.7. The smallest absolute Gasteiger partial charge is 0.245 e. The number of nitrogens with zero attached hydrogens (tertiary/aromatic N) is 2. The maximum atomic E-state index is 13.8. The number of aliphatic hydroxyl groups is 1. The van der Waals surface area contributed by atoms with Crippen LogP contribution < -0.4 is 10.6 Å². The molecule has 3 N–H and O–H groups in total. The molecule has 0 aliphatic carbocycles. The number of hydrogen-bond donors (Lipinski definition) is 3. The highest BCUT2D eigenvalue weighted by Gasteiger charge is 2.43. The highest BCUT2D eigenvalue weighted by atomic mass is 32.1. The van der Waals surface area contributed by atoms with Crippen LogP contribution in [-0.2, 0) is 20.9 Å². The van der Waals surface area contributed by atoms with Crippen LogP contribution in [-0.4, -0.2) is 57.4 Å². The predicted molar refractivity (Wildman–Crippen MR) is 159 cm³/mol. The zero-order valence-corrected chi connectivity index (χ0v) is 26.0. The molecule has 1 aromatic heterocycles. The Labute approximate surface area is 243 Å². The molecular weight excluding hydrogens is 524 g/mol. The third-order valence-corrected chi connectivity index (χ3v) is 8.47. The van der Waals surface area contributed by atoms with Crippen molar-refractivity contribution < 1.29 is 19.5 Å². The number of likely N-dealkylation sites (tertiary alicyclic amines) is 1. The molecular formula is C31H46N4O4S. The van der Waals surface area contributed by atoms with Crippen molar-refractivity contribution >= 4 is 29.1 Å². The van der Waals surface area contributed by atoms with Crippen LogP contribution in [0.15, 0.2) is 29.8 Å². The van der Waals surface area contributed by atoms with E-state index in [-0.39, 0.29) is 53.9 Å². The third-order valence-electron chi connectivity index (χ3n) is 7.50. The largest absolute Gasteiger partial charge is 0.391 e. The molecule has 3 rings (SSSR count). The lowest BCUT2D eigenvalue weighted by atomic mass is 9.73. The van der Waals surface area contributed by atoms with E-state index in [1.165, 1.54) is 4.90 Å². The molecule has 2 heterocycles. The number of aryl methyl sites for hydroxylation is 1. The van der Waals surface area contributed by atoms with Crippen molar-refractivity contribution in [3.8, 4) is 10.4 Å². The van der Waals surface area contributed by atoms with Crippen LogP contribution >= 0.6 is 11.3 Å². The van der Waals surface area contributed by atoms with Crippen LogP contribution in [0.25, 0.3) is 10.4 Å². The predicted octanol–water partition coefficient (Wildman–Crippen LogP) is 4.55. The summed E-state index contributed by atoms with van der Waals surface area (Å²) < 4.78 is 0. The number of aromatic nitrogens is 1. The molecule has 0 saturated carbocycles. The minimum Gasteiger partial charge on any atom is -0.391 e. The normalized spacial score (nSPS) is 19.1. The van der Waals surface area contributed by atoms with Gasteiger partial charge in [-0.05, 0) is 41.7 Å². The summed E-state index contributed by atoms with van der Waals surface area (Å²) in [4.78, 5) is 47.3. The van der Waals surface area contributed by atoms with E-state index in [9.17, 15) is 19.5 Å². The Bertz CT molecular complexity index is 1170. The number of rotatable bonds is 10. The topological polar surface area (TPSA) is 112 Å². The van der Waals surface area contributed by atoms with Gasteiger partial charge in [-0.25, -0.2) is 4.98 Å². The SMILES string of the molecule is Cc1ncsc1-c1ccc(CNC(=O)C2CC(O)CN2C(=O)C(CC(C)C)NC(=O)C(C(C)C)C(C)(C)C)cc1. The zero-order valence-electron chi connectivity index (χ0n) is 25.2. The number of nitrogens with one attached hydrogen (secondary N) is 2. The monoisotopic (exact) mass is 570 g/mol. The summed E-state index contributed by atoms with van der Waals surface area (Å²) in [6.45, 7) is 16.5. The molecule has 3 amide bonds. The fourth-order valence-corrected chi connectivity index (χ4v) is 6.63. The lowest BCUT2D eigenvalue weighted by molar-refractivity contribution is -0.143. The van der Waals surface area contributed by atoms with E-state index >= 15 is 0 Å². The van der Waals surface area contributed by atoms with Gasteiger partial charge in [0.05, 0.1) is 22.2 Å². The Morgan fingerprint density at radius 2 is 1.77 bits per heavy atom. The van der Waals surface area contributed by atoms with Crippen LogP contribution in [0.1, 0.15) is 72.6 Å².